The minimum atomic E-state index is -0.621. The summed E-state index contributed by atoms with van der Waals surface area (Å²) in [6.45, 7) is 2.64. The molecule has 1 saturated heterocycles. The van der Waals surface area contributed by atoms with Crippen molar-refractivity contribution < 1.29 is 9.50 Å². The van der Waals surface area contributed by atoms with Gasteiger partial charge in [0.15, 0.2) is 0 Å². The maximum atomic E-state index is 14.4. The molecule has 2 fully saturated rings. The molecular weight excluding hydrogens is 253 g/mol. The van der Waals surface area contributed by atoms with E-state index in [0.717, 1.165) is 24.9 Å². The third-order valence-electron chi connectivity index (χ3n) is 5.00. The third-order valence-corrected chi connectivity index (χ3v) is 5.00. The van der Waals surface area contributed by atoms with E-state index in [1.54, 1.807) is 13.0 Å². The van der Waals surface area contributed by atoms with Gasteiger partial charge < -0.3 is 10.0 Å². The first-order chi connectivity index (χ1) is 9.68. The summed E-state index contributed by atoms with van der Waals surface area (Å²) < 4.78 is 14.4. The van der Waals surface area contributed by atoms with Crippen LogP contribution in [-0.2, 0) is 0 Å². The van der Waals surface area contributed by atoms with Crippen LogP contribution in [-0.4, -0.2) is 17.7 Å². The molecule has 3 heteroatoms. The van der Waals surface area contributed by atoms with E-state index < -0.39 is 6.10 Å². The van der Waals surface area contributed by atoms with E-state index >= 15 is 0 Å². The Morgan fingerprint density at radius 3 is 2.75 bits per heavy atom. The summed E-state index contributed by atoms with van der Waals surface area (Å²) in [5.74, 6) is 0.522. The van der Waals surface area contributed by atoms with E-state index in [1.807, 2.05) is 6.07 Å². The number of nitrogens with zero attached hydrogens (tertiary/aromatic N) is 1. The van der Waals surface area contributed by atoms with Crippen molar-refractivity contribution >= 4 is 5.69 Å². The maximum Gasteiger partial charge on any atom is 0.146 e. The minimum Gasteiger partial charge on any atom is -0.389 e. The number of aliphatic hydroxyl groups is 1. The lowest BCUT2D eigenvalue weighted by Crippen LogP contribution is -2.47. The lowest BCUT2D eigenvalue weighted by Gasteiger charge is -2.46. The van der Waals surface area contributed by atoms with Crippen LogP contribution in [0.2, 0.25) is 0 Å². The average molecular weight is 277 g/mol. The molecule has 3 unspecified atom stereocenters. The highest BCUT2D eigenvalue weighted by Crippen LogP contribution is 2.40. The topological polar surface area (TPSA) is 23.5 Å². The maximum absolute atomic E-state index is 14.4. The van der Waals surface area contributed by atoms with Gasteiger partial charge in [0, 0.05) is 18.2 Å². The first-order valence-electron chi connectivity index (χ1n) is 7.91. The predicted octanol–water partition coefficient (Wildman–Crippen LogP) is 4.04. The third kappa shape index (κ3) is 2.44. The Bertz CT molecular complexity index is 472. The van der Waals surface area contributed by atoms with Gasteiger partial charge in [-0.3, -0.25) is 0 Å². The largest absolute Gasteiger partial charge is 0.389 e. The van der Waals surface area contributed by atoms with Crippen molar-refractivity contribution in [2.24, 2.45) is 5.92 Å². The molecule has 1 aliphatic carbocycles. The van der Waals surface area contributed by atoms with E-state index in [2.05, 4.69) is 4.90 Å². The molecule has 0 aromatic heterocycles. The smallest absolute Gasteiger partial charge is 0.146 e. The van der Waals surface area contributed by atoms with E-state index in [-0.39, 0.29) is 5.82 Å². The fourth-order valence-electron chi connectivity index (χ4n) is 4.07. The number of para-hydroxylation sites is 1. The van der Waals surface area contributed by atoms with E-state index in [4.69, 9.17) is 0 Å². The molecule has 3 rings (SSSR count). The zero-order valence-corrected chi connectivity index (χ0v) is 12.2. The number of benzene rings is 1. The molecule has 110 valence electrons. The number of anilines is 1. The summed E-state index contributed by atoms with van der Waals surface area (Å²) >= 11 is 0. The zero-order chi connectivity index (χ0) is 14.1. The van der Waals surface area contributed by atoms with Gasteiger partial charge in [0.05, 0.1) is 11.8 Å². The van der Waals surface area contributed by atoms with Crippen LogP contribution in [0.3, 0.4) is 0 Å². The van der Waals surface area contributed by atoms with Crippen molar-refractivity contribution in [2.45, 2.75) is 57.6 Å². The Labute approximate surface area is 120 Å². The molecule has 1 aromatic carbocycles. The average Bonchev–Trinajstić information content (AvgIpc) is 2.46. The van der Waals surface area contributed by atoms with Crippen molar-refractivity contribution in [2.75, 3.05) is 11.4 Å². The fourth-order valence-corrected chi connectivity index (χ4v) is 4.07. The second-order valence-electron chi connectivity index (χ2n) is 6.30. The molecule has 0 bridgehead atoms. The van der Waals surface area contributed by atoms with Gasteiger partial charge in [-0.15, -0.1) is 0 Å². The van der Waals surface area contributed by atoms with Crippen LogP contribution in [0.5, 0.6) is 0 Å². The fraction of sp³-hybridized carbons (Fsp3) is 0.647. The highest BCUT2D eigenvalue weighted by molar-refractivity contribution is 5.57. The van der Waals surface area contributed by atoms with E-state index in [0.29, 0.717) is 17.6 Å². The normalized spacial score (nSPS) is 28.1. The number of hydrogen-bond donors (Lipinski definition) is 1. The van der Waals surface area contributed by atoms with Crippen molar-refractivity contribution in [1.29, 1.82) is 0 Å². The molecule has 0 radical (unpaired) electrons. The van der Waals surface area contributed by atoms with Crippen LogP contribution < -0.4 is 4.90 Å². The Hall–Kier alpha value is -1.09. The second-order valence-corrected chi connectivity index (χ2v) is 6.30. The number of aliphatic hydroxyl groups excluding tert-OH is 1. The quantitative estimate of drug-likeness (QED) is 0.882. The van der Waals surface area contributed by atoms with Crippen LogP contribution in [0.25, 0.3) is 0 Å². The van der Waals surface area contributed by atoms with Crippen LogP contribution >= 0.6 is 0 Å². The van der Waals surface area contributed by atoms with E-state index in [9.17, 15) is 9.50 Å². The number of piperidine rings is 1. The Kier molecular flexibility index (Phi) is 3.97. The van der Waals surface area contributed by atoms with Gasteiger partial charge in [0.1, 0.15) is 5.82 Å². The SMILES string of the molecule is CC(O)c1cccc(F)c1N1CCCC2CCCCC21. The van der Waals surface area contributed by atoms with Gasteiger partial charge in [-0.25, -0.2) is 4.39 Å². The first-order valence-corrected chi connectivity index (χ1v) is 7.91. The van der Waals surface area contributed by atoms with Crippen molar-refractivity contribution in [3.63, 3.8) is 0 Å². The Morgan fingerprint density at radius 1 is 1.20 bits per heavy atom. The second kappa shape index (κ2) is 5.72. The highest BCUT2D eigenvalue weighted by Gasteiger charge is 2.35. The lowest BCUT2D eigenvalue weighted by molar-refractivity contribution is 0.196. The van der Waals surface area contributed by atoms with Crippen molar-refractivity contribution in [1.82, 2.24) is 0 Å². The summed E-state index contributed by atoms with van der Waals surface area (Å²) in [4.78, 5) is 2.25. The number of hydrogen-bond acceptors (Lipinski definition) is 2. The standard InChI is InChI=1S/C17H24FNO/c1-12(20)14-8-4-9-15(18)17(14)19-11-5-7-13-6-2-3-10-16(13)19/h4,8-9,12-13,16,20H,2-3,5-7,10-11H2,1H3. The molecule has 1 saturated carbocycles. The molecular formula is C17H24FNO. The lowest BCUT2D eigenvalue weighted by atomic mass is 9.78. The number of fused-ring (bicyclic) bond motifs is 1. The van der Waals surface area contributed by atoms with Gasteiger partial charge in [0.2, 0.25) is 0 Å². The summed E-state index contributed by atoms with van der Waals surface area (Å²) in [6.07, 6.45) is 6.79. The molecule has 1 heterocycles. The van der Waals surface area contributed by atoms with Crippen LogP contribution in [0.15, 0.2) is 18.2 Å². The Balaban J connectivity index is 1.98. The van der Waals surface area contributed by atoms with Crippen molar-refractivity contribution in [3.8, 4) is 0 Å². The van der Waals surface area contributed by atoms with Gasteiger partial charge >= 0.3 is 0 Å². The molecule has 0 spiro atoms. The summed E-state index contributed by atoms with van der Waals surface area (Å²) in [5.41, 5.74) is 1.38. The minimum absolute atomic E-state index is 0.186. The van der Waals surface area contributed by atoms with Gasteiger partial charge in [-0.05, 0) is 44.6 Å². The molecule has 1 aromatic rings. The molecule has 1 N–H and O–H groups in total. The van der Waals surface area contributed by atoms with Crippen LogP contribution in [0.1, 0.15) is 57.1 Å². The predicted molar refractivity (Wildman–Crippen MR) is 79.4 cm³/mol. The van der Waals surface area contributed by atoms with Gasteiger partial charge in [-0.1, -0.05) is 25.0 Å². The highest BCUT2D eigenvalue weighted by atomic mass is 19.1. The molecule has 3 atom stereocenters. The van der Waals surface area contributed by atoms with Gasteiger partial charge in [0.25, 0.3) is 0 Å². The Morgan fingerprint density at radius 2 is 1.95 bits per heavy atom. The summed E-state index contributed by atoms with van der Waals surface area (Å²) in [7, 11) is 0. The monoisotopic (exact) mass is 277 g/mol. The molecule has 20 heavy (non-hydrogen) atoms. The molecule has 2 nitrogen and oxygen atoms in total. The number of rotatable bonds is 2. The van der Waals surface area contributed by atoms with Crippen LogP contribution in [0, 0.1) is 11.7 Å². The van der Waals surface area contributed by atoms with E-state index in [1.165, 1.54) is 31.7 Å². The molecule has 2 aliphatic rings. The zero-order valence-electron chi connectivity index (χ0n) is 12.2. The first kappa shape index (κ1) is 13.9. The summed E-state index contributed by atoms with van der Waals surface area (Å²) in [5, 5.41) is 9.96. The molecule has 1 aliphatic heterocycles. The molecule has 0 amide bonds. The number of halogens is 1. The van der Waals surface area contributed by atoms with Gasteiger partial charge in [-0.2, -0.15) is 0 Å². The van der Waals surface area contributed by atoms with Crippen molar-refractivity contribution in [3.05, 3.63) is 29.6 Å². The summed E-state index contributed by atoms with van der Waals surface area (Å²) in [6, 6.07) is 5.54. The van der Waals surface area contributed by atoms with Crippen LogP contribution in [0.4, 0.5) is 10.1 Å².